The molecule has 0 aromatic carbocycles. The van der Waals surface area contributed by atoms with Crippen LogP contribution in [0.2, 0.25) is 0 Å². The average Bonchev–Trinajstić information content (AvgIpc) is 2.69. The normalized spacial score (nSPS) is 12.9. The number of nitrogens with zero attached hydrogens (tertiary/aromatic N) is 2. The maximum absolute atomic E-state index is 4.35. The van der Waals surface area contributed by atoms with Crippen LogP contribution < -0.4 is 5.32 Å². The number of hydrogen-bond acceptors (Lipinski definition) is 2. The molecule has 0 aliphatic heterocycles. The minimum atomic E-state index is 0.477. The molecule has 0 bridgehead atoms. The highest BCUT2D eigenvalue weighted by Crippen LogP contribution is 2.22. The van der Waals surface area contributed by atoms with E-state index in [1.54, 1.807) is 0 Å². The Labute approximate surface area is 112 Å². The molecule has 0 spiro atoms. The van der Waals surface area contributed by atoms with Gasteiger partial charge in [0.15, 0.2) is 0 Å². The second kappa shape index (κ2) is 8.30. The first kappa shape index (κ1) is 15.2. The zero-order valence-corrected chi connectivity index (χ0v) is 12.5. The fourth-order valence-electron chi connectivity index (χ4n) is 2.42. The van der Waals surface area contributed by atoms with Gasteiger partial charge in [0, 0.05) is 24.3 Å². The van der Waals surface area contributed by atoms with Crippen molar-refractivity contribution >= 4 is 0 Å². The molecule has 3 nitrogen and oxygen atoms in total. The highest BCUT2D eigenvalue weighted by Gasteiger charge is 2.15. The van der Waals surface area contributed by atoms with Gasteiger partial charge >= 0.3 is 0 Å². The lowest BCUT2D eigenvalue weighted by molar-refractivity contribution is 0.476. The lowest BCUT2D eigenvalue weighted by atomic mass is 10.0. The van der Waals surface area contributed by atoms with E-state index in [1.807, 2.05) is 17.9 Å². The van der Waals surface area contributed by atoms with Gasteiger partial charge < -0.3 is 5.32 Å². The summed E-state index contributed by atoms with van der Waals surface area (Å²) in [6, 6.07) is 0.477. The Kier molecular flexibility index (Phi) is 7.02. The van der Waals surface area contributed by atoms with Gasteiger partial charge in [0.25, 0.3) is 0 Å². The Bertz CT molecular complexity index is 330. The minimum absolute atomic E-state index is 0.477. The largest absolute Gasteiger partial charge is 0.310 e. The molecule has 0 aliphatic carbocycles. The van der Waals surface area contributed by atoms with Gasteiger partial charge in [-0.1, -0.05) is 46.0 Å². The van der Waals surface area contributed by atoms with Crippen LogP contribution >= 0.6 is 0 Å². The van der Waals surface area contributed by atoms with Gasteiger partial charge in [0.1, 0.15) is 0 Å². The molecule has 0 saturated heterocycles. The molecule has 0 saturated carbocycles. The molecule has 1 rings (SSSR count). The third kappa shape index (κ3) is 4.45. The number of aromatic nitrogens is 2. The Morgan fingerprint density at radius 2 is 1.94 bits per heavy atom. The Morgan fingerprint density at radius 1 is 1.22 bits per heavy atom. The van der Waals surface area contributed by atoms with Gasteiger partial charge in [-0.2, -0.15) is 5.10 Å². The topological polar surface area (TPSA) is 29.9 Å². The van der Waals surface area contributed by atoms with Crippen molar-refractivity contribution in [2.24, 2.45) is 7.05 Å². The fraction of sp³-hybridized carbons (Fsp3) is 0.800. The maximum Gasteiger partial charge on any atom is 0.0540 e. The van der Waals surface area contributed by atoms with Crippen molar-refractivity contribution < 1.29 is 0 Å². The summed E-state index contributed by atoms with van der Waals surface area (Å²) in [7, 11) is 2.02. The van der Waals surface area contributed by atoms with Crippen LogP contribution in [-0.2, 0) is 7.05 Å². The van der Waals surface area contributed by atoms with Gasteiger partial charge in [-0.3, -0.25) is 4.68 Å². The van der Waals surface area contributed by atoms with Crippen LogP contribution in [0.15, 0.2) is 6.20 Å². The molecule has 18 heavy (non-hydrogen) atoms. The Hall–Kier alpha value is -0.830. The van der Waals surface area contributed by atoms with Crippen LogP contribution in [0.4, 0.5) is 0 Å². The summed E-state index contributed by atoms with van der Waals surface area (Å²) in [6.45, 7) is 7.62. The van der Waals surface area contributed by atoms with Crippen molar-refractivity contribution in [1.29, 1.82) is 0 Å². The van der Waals surface area contributed by atoms with E-state index in [0.717, 1.165) is 6.54 Å². The summed E-state index contributed by atoms with van der Waals surface area (Å²) >= 11 is 0. The molecule has 1 atom stereocenters. The lowest BCUT2D eigenvalue weighted by Gasteiger charge is -2.17. The number of aryl methyl sites for hydroxylation is 1. The van der Waals surface area contributed by atoms with E-state index in [9.17, 15) is 0 Å². The summed E-state index contributed by atoms with van der Waals surface area (Å²) in [4.78, 5) is 0. The van der Waals surface area contributed by atoms with Crippen molar-refractivity contribution in [2.45, 2.75) is 65.3 Å². The first-order chi connectivity index (χ1) is 8.70. The second-order valence-electron chi connectivity index (χ2n) is 5.12. The molecule has 1 N–H and O–H groups in total. The zero-order chi connectivity index (χ0) is 13.4. The first-order valence-electron chi connectivity index (χ1n) is 7.42. The summed E-state index contributed by atoms with van der Waals surface area (Å²) in [5, 5.41) is 7.94. The van der Waals surface area contributed by atoms with E-state index in [0.29, 0.717) is 6.04 Å². The molecular formula is C15H29N3. The molecular weight excluding hydrogens is 222 g/mol. The average molecular weight is 251 g/mol. The van der Waals surface area contributed by atoms with E-state index in [4.69, 9.17) is 0 Å². The van der Waals surface area contributed by atoms with Crippen LogP contribution in [0.25, 0.3) is 0 Å². The summed E-state index contributed by atoms with van der Waals surface area (Å²) in [5.41, 5.74) is 2.66. The van der Waals surface area contributed by atoms with E-state index >= 15 is 0 Å². The molecule has 1 unspecified atom stereocenters. The van der Waals surface area contributed by atoms with Crippen molar-refractivity contribution in [3.63, 3.8) is 0 Å². The third-order valence-electron chi connectivity index (χ3n) is 3.70. The summed E-state index contributed by atoms with van der Waals surface area (Å²) in [5.74, 6) is 0. The first-order valence-corrected chi connectivity index (χ1v) is 7.42. The minimum Gasteiger partial charge on any atom is -0.310 e. The Morgan fingerprint density at radius 3 is 2.50 bits per heavy atom. The van der Waals surface area contributed by atoms with E-state index < -0.39 is 0 Å². The van der Waals surface area contributed by atoms with Gasteiger partial charge in [-0.05, 0) is 19.9 Å². The third-order valence-corrected chi connectivity index (χ3v) is 3.70. The van der Waals surface area contributed by atoms with E-state index in [2.05, 4.69) is 31.2 Å². The standard InChI is InChI=1S/C15H29N3/c1-5-7-8-9-10-11-15(16-6-2)14-12-17-18(4)13(14)3/h12,15-16H,5-11H2,1-4H3. The maximum atomic E-state index is 4.35. The van der Waals surface area contributed by atoms with Crippen LogP contribution in [0, 0.1) is 6.92 Å². The molecule has 0 aliphatic rings. The van der Waals surface area contributed by atoms with Crippen molar-refractivity contribution in [2.75, 3.05) is 6.54 Å². The molecule has 1 aromatic rings. The van der Waals surface area contributed by atoms with E-state index in [1.165, 1.54) is 49.8 Å². The molecule has 1 aromatic heterocycles. The van der Waals surface area contributed by atoms with Gasteiger partial charge in [0.05, 0.1) is 6.20 Å². The zero-order valence-electron chi connectivity index (χ0n) is 12.5. The smallest absolute Gasteiger partial charge is 0.0540 e. The van der Waals surface area contributed by atoms with Gasteiger partial charge in [-0.15, -0.1) is 0 Å². The van der Waals surface area contributed by atoms with Crippen LogP contribution in [0.1, 0.15) is 69.7 Å². The summed E-state index contributed by atoms with van der Waals surface area (Å²) < 4.78 is 1.97. The predicted octanol–water partition coefficient (Wildman–Crippen LogP) is 3.74. The van der Waals surface area contributed by atoms with Crippen LogP contribution in [-0.4, -0.2) is 16.3 Å². The van der Waals surface area contributed by atoms with Crippen molar-refractivity contribution in [3.8, 4) is 0 Å². The quantitative estimate of drug-likeness (QED) is 0.678. The van der Waals surface area contributed by atoms with Crippen molar-refractivity contribution in [3.05, 3.63) is 17.5 Å². The van der Waals surface area contributed by atoms with Gasteiger partial charge in [-0.25, -0.2) is 0 Å². The number of rotatable bonds is 9. The van der Waals surface area contributed by atoms with Crippen LogP contribution in [0.5, 0.6) is 0 Å². The number of hydrogen-bond donors (Lipinski definition) is 1. The highest BCUT2D eigenvalue weighted by atomic mass is 15.3. The molecule has 1 heterocycles. The fourth-order valence-corrected chi connectivity index (χ4v) is 2.42. The molecule has 0 radical (unpaired) electrons. The second-order valence-corrected chi connectivity index (χ2v) is 5.12. The SMILES string of the molecule is CCCCCCCC(NCC)c1cnn(C)c1C. The number of unbranched alkanes of at least 4 members (excludes halogenated alkanes) is 4. The predicted molar refractivity (Wildman–Crippen MR) is 77.7 cm³/mol. The highest BCUT2D eigenvalue weighted by molar-refractivity contribution is 5.20. The molecule has 3 heteroatoms. The van der Waals surface area contributed by atoms with Crippen molar-refractivity contribution in [1.82, 2.24) is 15.1 Å². The lowest BCUT2D eigenvalue weighted by Crippen LogP contribution is -2.21. The number of nitrogens with one attached hydrogen (secondary N) is 1. The molecule has 104 valence electrons. The van der Waals surface area contributed by atoms with Gasteiger partial charge in [0.2, 0.25) is 0 Å². The monoisotopic (exact) mass is 251 g/mol. The molecule has 0 fully saturated rings. The van der Waals surface area contributed by atoms with Crippen LogP contribution in [0.3, 0.4) is 0 Å². The Balaban J connectivity index is 2.47. The van der Waals surface area contributed by atoms with E-state index in [-0.39, 0.29) is 0 Å². The molecule has 0 amide bonds. The summed E-state index contributed by atoms with van der Waals surface area (Å²) in [6.07, 6.45) is 9.98.